The van der Waals surface area contributed by atoms with E-state index in [2.05, 4.69) is 28.2 Å². The predicted molar refractivity (Wildman–Crippen MR) is 73.7 cm³/mol. The van der Waals surface area contributed by atoms with E-state index in [0.29, 0.717) is 12.0 Å². The smallest absolute Gasteiger partial charge is 0.128 e. The van der Waals surface area contributed by atoms with E-state index in [1.54, 1.807) is 0 Å². The van der Waals surface area contributed by atoms with E-state index in [4.69, 9.17) is 5.11 Å². The SMILES string of the molecule is CC(CO)CNC1CCN(c2ccccn2)CC1. The van der Waals surface area contributed by atoms with Crippen LogP contribution in [0, 0.1) is 5.92 Å². The summed E-state index contributed by atoms with van der Waals surface area (Å²) in [7, 11) is 0. The number of pyridine rings is 1. The summed E-state index contributed by atoms with van der Waals surface area (Å²) in [5, 5.41) is 12.5. The van der Waals surface area contributed by atoms with E-state index in [1.807, 2.05) is 18.3 Å². The Kier molecular flexibility index (Phi) is 4.96. The fourth-order valence-electron chi connectivity index (χ4n) is 2.29. The van der Waals surface area contributed by atoms with Crippen LogP contribution in [0.3, 0.4) is 0 Å². The molecule has 1 aliphatic rings. The van der Waals surface area contributed by atoms with Crippen molar-refractivity contribution in [2.24, 2.45) is 5.92 Å². The Labute approximate surface area is 109 Å². The molecule has 100 valence electrons. The summed E-state index contributed by atoms with van der Waals surface area (Å²) in [6, 6.07) is 6.64. The van der Waals surface area contributed by atoms with Crippen LogP contribution in [0.1, 0.15) is 19.8 Å². The fraction of sp³-hybridized carbons (Fsp3) is 0.643. The van der Waals surface area contributed by atoms with Gasteiger partial charge in [0.15, 0.2) is 0 Å². The molecule has 1 unspecified atom stereocenters. The molecule has 2 rings (SSSR count). The molecule has 0 saturated carbocycles. The minimum atomic E-state index is 0.264. The van der Waals surface area contributed by atoms with Crippen molar-refractivity contribution in [1.29, 1.82) is 0 Å². The monoisotopic (exact) mass is 249 g/mol. The second-order valence-electron chi connectivity index (χ2n) is 5.15. The zero-order chi connectivity index (χ0) is 12.8. The first-order valence-electron chi connectivity index (χ1n) is 6.80. The van der Waals surface area contributed by atoms with Crippen LogP contribution in [0.15, 0.2) is 24.4 Å². The van der Waals surface area contributed by atoms with E-state index < -0.39 is 0 Å². The first kappa shape index (κ1) is 13.3. The van der Waals surface area contributed by atoms with Gasteiger partial charge in [0.05, 0.1) is 0 Å². The van der Waals surface area contributed by atoms with E-state index in [9.17, 15) is 0 Å². The van der Waals surface area contributed by atoms with Crippen LogP contribution in [0.4, 0.5) is 5.82 Å². The summed E-state index contributed by atoms with van der Waals surface area (Å²) < 4.78 is 0. The molecule has 2 heterocycles. The van der Waals surface area contributed by atoms with Gasteiger partial charge in [-0.3, -0.25) is 0 Å². The summed E-state index contributed by atoms with van der Waals surface area (Å²) in [4.78, 5) is 6.73. The molecule has 2 N–H and O–H groups in total. The number of aliphatic hydroxyl groups excluding tert-OH is 1. The third-order valence-electron chi connectivity index (χ3n) is 3.53. The number of aromatic nitrogens is 1. The molecule has 0 aliphatic carbocycles. The van der Waals surface area contributed by atoms with E-state index in [-0.39, 0.29) is 6.61 Å². The van der Waals surface area contributed by atoms with Gasteiger partial charge < -0.3 is 15.3 Å². The largest absolute Gasteiger partial charge is 0.396 e. The van der Waals surface area contributed by atoms with Crippen molar-refractivity contribution in [3.63, 3.8) is 0 Å². The molecule has 0 spiro atoms. The Morgan fingerprint density at radius 2 is 2.22 bits per heavy atom. The van der Waals surface area contributed by atoms with Gasteiger partial charge in [0.1, 0.15) is 5.82 Å². The average Bonchev–Trinajstić information content (AvgIpc) is 2.46. The highest BCUT2D eigenvalue weighted by Gasteiger charge is 2.19. The molecule has 1 aromatic heterocycles. The summed E-state index contributed by atoms with van der Waals surface area (Å²) in [6.45, 7) is 5.35. The van der Waals surface area contributed by atoms with Gasteiger partial charge in [-0.05, 0) is 30.9 Å². The standard InChI is InChI=1S/C14H23N3O/c1-12(11-18)10-16-13-5-8-17(9-6-13)14-4-2-3-7-15-14/h2-4,7,12-13,16,18H,5-6,8-11H2,1H3. The Morgan fingerprint density at radius 3 is 2.83 bits per heavy atom. The molecule has 1 atom stereocenters. The van der Waals surface area contributed by atoms with Crippen molar-refractivity contribution in [1.82, 2.24) is 10.3 Å². The highest BCUT2D eigenvalue weighted by Crippen LogP contribution is 2.17. The summed E-state index contributed by atoms with van der Waals surface area (Å²) in [6.07, 6.45) is 4.14. The molecule has 0 aromatic carbocycles. The van der Waals surface area contributed by atoms with E-state index >= 15 is 0 Å². The van der Waals surface area contributed by atoms with Crippen molar-refractivity contribution in [3.05, 3.63) is 24.4 Å². The zero-order valence-electron chi connectivity index (χ0n) is 11.0. The lowest BCUT2D eigenvalue weighted by Gasteiger charge is -2.33. The van der Waals surface area contributed by atoms with Crippen LogP contribution in [0.5, 0.6) is 0 Å². The van der Waals surface area contributed by atoms with Crippen LogP contribution in [-0.4, -0.2) is 42.4 Å². The molecule has 1 fully saturated rings. The Balaban J connectivity index is 1.75. The maximum atomic E-state index is 9.00. The van der Waals surface area contributed by atoms with Gasteiger partial charge >= 0.3 is 0 Å². The highest BCUT2D eigenvalue weighted by atomic mass is 16.3. The number of aliphatic hydroxyl groups is 1. The molecule has 18 heavy (non-hydrogen) atoms. The molecule has 0 amide bonds. The second kappa shape index (κ2) is 6.71. The summed E-state index contributed by atoms with van der Waals surface area (Å²) in [5.41, 5.74) is 0. The first-order chi connectivity index (χ1) is 8.79. The summed E-state index contributed by atoms with van der Waals surface area (Å²) >= 11 is 0. The van der Waals surface area contributed by atoms with Crippen LogP contribution in [0.2, 0.25) is 0 Å². The van der Waals surface area contributed by atoms with Crippen LogP contribution in [-0.2, 0) is 0 Å². The van der Waals surface area contributed by atoms with Crippen LogP contribution < -0.4 is 10.2 Å². The molecular weight excluding hydrogens is 226 g/mol. The number of nitrogens with zero attached hydrogens (tertiary/aromatic N) is 2. The minimum Gasteiger partial charge on any atom is -0.396 e. The lowest BCUT2D eigenvalue weighted by atomic mass is 10.0. The van der Waals surface area contributed by atoms with Crippen molar-refractivity contribution in [3.8, 4) is 0 Å². The second-order valence-corrected chi connectivity index (χ2v) is 5.15. The van der Waals surface area contributed by atoms with E-state index in [1.165, 1.54) is 0 Å². The predicted octanol–water partition coefficient (Wildman–Crippen LogP) is 1.27. The number of piperidine rings is 1. The molecule has 1 saturated heterocycles. The number of rotatable bonds is 5. The normalized spacial score (nSPS) is 18.9. The number of hydrogen-bond donors (Lipinski definition) is 2. The number of anilines is 1. The topological polar surface area (TPSA) is 48.4 Å². The maximum Gasteiger partial charge on any atom is 0.128 e. The number of hydrogen-bond acceptors (Lipinski definition) is 4. The van der Waals surface area contributed by atoms with Gasteiger partial charge in [0.2, 0.25) is 0 Å². The molecular formula is C14H23N3O. The van der Waals surface area contributed by atoms with Gasteiger partial charge in [0, 0.05) is 38.5 Å². The van der Waals surface area contributed by atoms with Crippen molar-refractivity contribution in [2.45, 2.75) is 25.8 Å². The van der Waals surface area contributed by atoms with Gasteiger partial charge in [-0.15, -0.1) is 0 Å². The van der Waals surface area contributed by atoms with Crippen molar-refractivity contribution in [2.75, 3.05) is 31.1 Å². The zero-order valence-corrected chi connectivity index (χ0v) is 11.0. The molecule has 1 aliphatic heterocycles. The third-order valence-corrected chi connectivity index (χ3v) is 3.53. The summed E-state index contributed by atoms with van der Waals surface area (Å²) in [5.74, 6) is 1.43. The van der Waals surface area contributed by atoms with Gasteiger partial charge in [-0.2, -0.15) is 0 Å². The van der Waals surface area contributed by atoms with Gasteiger partial charge in [-0.1, -0.05) is 13.0 Å². The van der Waals surface area contributed by atoms with Crippen molar-refractivity contribution >= 4 is 5.82 Å². The molecule has 0 radical (unpaired) electrons. The van der Waals surface area contributed by atoms with Crippen LogP contribution >= 0.6 is 0 Å². The molecule has 1 aromatic rings. The van der Waals surface area contributed by atoms with E-state index in [0.717, 1.165) is 38.3 Å². The third kappa shape index (κ3) is 3.68. The van der Waals surface area contributed by atoms with Crippen molar-refractivity contribution < 1.29 is 5.11 Å². The lowest BCUT2D eigenvalue weighted by molar-refractivity contribution is 0.227. The van der Waals surface area contributed by atoms with Gasteiger partial charge in [-0.25, -0.2) is 4.98 Å². The Morgan fingerprint density at radius 1 is 1.44 bits per heavy atom. The highest BCUT2D eigenvalue weighted by molar-refractivity contribution is 5.38. The fourth-order valence-corrected chi connectivity index (χ4v) is 2.29. The molecule has 4 heteroatoms. The van der Waals surface area contributed by atoms with Crippen LogP contribution in [0.25, 0.3) is 0 Å². The quantitative estimate of drug-likeness (QED) is 0.825. The molecule has 0 bridgehead atoms. The molecule has 4 nitrogen and oxygen atoms in total. The Bertz CT molecular complexity index is 336. The Hall–Kier alpha value is -1.13. The average molecular weight is 249 g/mol. The lowest BCUT2D eigenvalue weighted by Crippen LogP contribution is -2.44. The number of nitrogens with one attached hydrogen (secondary N) is 1. The first-order valence-corrected chi connectivity index (χ1v) is 6.80. The maximum absolute atomic E-state index is 9.00. The van der Waals surface area contributed by atoms with Gasteiger partial charge in [0.25, 0.3) is 0 Å². The minimum absolute atomic E-state index is 0.264.